The van der Waals surface area contributed by atoms with E-state index in [-0.39, 0.29) is 5.41 Å². The quantitative estimate of drug-likeness (QED) is 0.712. The summed E-state index contributed by atoms with van der Waals surface area (Å²) in [6, 6.07) is 1.92. The summed E-state index contributed by atoms with van der Waals surface area (Å²) in [6.07, 6.45) is 0.252. The first kappa shape index (κ1) is 11.9. The van der Waals surface area contributed by atoms with Gasteiger partial charge in [0.05, 0.1) is 11.4 Å². The van der Waals surface area contributed by atoms with Crippen molar-refractivity contribution in [3.8, 4) is 0 Å². The Morgan fingerprint density at radius 3 is 2.47 bits per heavy atom. The number of carbonyl (C=O) groups is 1. The summed E-state index contributed by atoms with van der Waals surface area (Å²) in [4.78, 5) is 10.8. The molecule has 1 aromatic heterocycles. The van der Waals surface area contributed by atoms with Gasteiger partial charge >= 0.3 is 0 Å². The van der Waals surface area contributed by atoms with Crippen molar-refractivity contribution in [1.29, 1.82) is 0 Å². The molecule has 1 unspecified atom stereocenters. The van der Waals surface area contributed by atoms with Gasteiger partial charge in [-0.05, 0) is 6.07 Å². The lowest BCUT2D eigenvalue weighted by atomic mass is 9.92. The van der Waals surface area contributed by atoms with E-state index in [1.165, 1.54) is 7.11 Å². The molecule has 0 aliphatic heterocycles. The lowest BCUT2D eigenvalue weighted by Crippen LogP contribution is -2.12. The molecule has 0 aliphatic carbocycles. The van der Waals surface area contributed by atoms with Crippen LogP contribution in [-0.2, 0) is 22.0 Å². The number of methoxy groups -OCH3 is 1. The van der Waals surface area contributed by atoms with Gasteiger partial charge in [-0.3, -0.25) is 4.68 Å². The van der Waals surface area contributed by atoms with E-state index in [4.69, 9.17) is 4.74 Å². The monoisotopic (exact) mass is 210 g/mol. The third kappa shape index (κ3) is 2.45. The maximum Gasteiger partial charge on any atom is 0.154 e. The van der Waals surface area contributed by atoms with Crippen LogP contribution in [0.5, 0.6) is 0 Å². The van der Waals surface area contributed by atoms with Crippen molar-refractivity contribution in [2.24, 2.45) is 7.05 Å². The fourth-order valence-electron chi connectivity index (χ4n) is 1.36. The predicted octanol–water partition coefficient (Wildman–Crippen LogP) is 1.60. The highest BCUT2D eigenvalue weighted by Gasteiger charge is 2.22. The van der Waals surface area contributed by atoms with Crippen molar-refractivity contribution in [2.45, 2.75) is 32.3 Å². The maximum atomic E-state index is 10.8. The molecule has 1 aromatic rings. The number of aromatic nitrogens is 2. The zero-order chi connectivity index (χ0) is 11.6. The van der Waals surface area contributed by atoms with E-state index in [1.807, 2.05) is 13.1 Å². The summed E-state index contributed by atoms with van der Waals surface area (Å²) < 4.78 is 6.76. The van der Waals surface area contributed by atoms with Crippen molar-refractivity contribution < 1.29 is 9.53 Å². The zero-order valence-corrected chi connectivity index (χ0v) is 9.94. The molecule has 0 saturated heterocycles. The minimum atomic E-state index is -0.529. The number of hydrogen-bond donors (Lipinski definition) is 0. The second-order valence-corrected chi connectivity index (χ2v) is 4.62. The Balaban J connectivity index is 3.11. The molecule has 15 heavy (non-hydrogen) atoms. The molecule has 0 bridgehead atoms. The molecule has 0 N–H and O–H groups in total. The van der Waals surface area contributed by atoms with Gasteiger partial charge in [0.15, 0.2) is 12.4 Å². The highest BCUT2D eigenvalue weighted by Crippen LogP contribution is 2.24. The number of aryl methyl sites for hydroxylation is 1. The molecule has 4 nitrogen and oxygen atoms in total. The average molecular weight is 210 g/mol. The Morgan fingerprint density at radius 1 is 1.53 bits per heavy atom. The van der Waals surface area contributed by atoms with Gasteiger partial charge in [0.1, 0.15) is 0 Å². The molecule has 1 heterocycles. The first-order valence-electron chi connectivity index (χ1n) is 4.92. The van der Waals surface area contributed by atoms with Gasteiger partial charge < -0.3 is 9.53 Å². The van der Waals surface area contributed by atoms with Gasteiger partial charge in [-0.1, -0.05) is 20.8 Å². The number of rotatable bonds is 3. The molecule has 1 atom stereocenters. The Kier molecular flexibility index (Phi) is 3.29. The van der Waals surface area contributed by atoms with E-state index in [2.05, 4.69) is 25.9 Å². The SMILES string of the molecule is COC(C=O)c1cc(C(C)(C)C)nn1C. The van der Waals surface area contributed by atoms with Crippen LogP contribution in [0.3, 0.4) is 0 Å². The van der Waals surface area contributed by atoms with Crippen LogP contribution in [0.25, 0.3) is 0 Å². The maximum absolute atomic E-state index is 10.8. The van der Waals surface area contributed by atoms with Crippen LogP contribution in [0.1, 0.15) is 38.3 Å². The molecular formula is C11H18N2O2. The summed E-state index contributed by atoms with van der Waals surface area (Å²) in [6.45, 7) is 6.26. The standard InChI is InChI=1S/C11H18N2O2/c1-11(2,3)10-6-8(13(4)12-10)9(7-14)15-5/h6-7,9H,1-5H3. The van der Waals surface area contributed by atoms with Gasteiger partial charge in [-0.25, -0.2) is 0 Å². The molecule has 0 fully saturated rings. The van der Waals surface area contributed by atoms with E-state index >= 15 is 0 Å². The van der Waals surface area contributed by atoms with Crippen LogP contribution < -0.4 is 0 Å². The highest BCUT2D eigenvalue weighted by molar-refractivity contribution is 5.59. The van der Waals surface area contributed by atoms with Crippen LogP contribution in [0.4, 0.5) is 0 Å². The van der Waals surface area contributed by atoms with Crippen LogP contribution in [-0.4, -0.2) is 23.2 Å². The molecule has 1 rings (SSSR count). The lowest BCUT2D eigenvalue weighted by Gasteiger charge is -2.13. The van der Waals surface area contributed by atoms with E-state index < -0.39 is 6.10 Å². The van der Waals surface area contributed by atoms with Crippen LogP contribution >= 0.6 is 0 Å². The summed E-state index contributed by atoms with van der Waals surface area (Å²) in [5.41, 5.74) is 1.73. The van der Waals surface area contributed by atoms with E-state index in [0.717, 1.165) is 17.7 Å². The molecule has 0 amide bonds. The van der Waals surface area contributed by atoms with Crippen molar-refractivity contribution in [2.75, 3.05) is 7.11 Å². The molecule has 0 radical (unpaired) electrons. The first-order valence-corrected chi connectivity index (χ1v) is 4.92. The largest absolute Gasteiger partial charge is 0.368 e. The Morgan fingerprint density at radius 2 is 2.13 bits per heavy atom. The summed E-state index contributed by atoms with van der Waals surface area (Å²) in [5, 5.41) is 4.38. The van der Waals surface area contributed by atoms with Crippen molar-refractivity contribution in [1.82, 2.24) is 9.78 Å². The summed E-state index contributed by atoms with van der Waals surface area (Å²) >= 11 is 0. The van der Waals surface area contributed by atoms with Gasteiger partial charge in [0, 0.05) is 19.6 Å². The first-order chi connectivity index (χ1) is 6.90. The topological polar surface area (TPSA) is 44.1 Å². The fourth-order valence-corrected chi connectivity index (χ4v) is 1.36. The Hall–Kier alpha value is -1.16. The predicted molar refractivity (Wildman–Crippen MR) is 57.7 cm³/mol. The van der Waals surface area contributed by atoms with E-state index in [0.29, 0.717) is 0 Å². The van der Waals surface area contributed by atoms with Crippen LogP contribution in [0.15, 0.2) is 6.07 Å². The van der Waals surface area contributed by atoms with Gasteiger partial charge in [0.2, 0.25) is 0 Å². The molecule has 0 spiro atoms. The summed E-state index contributed by atoms with van der Waals surface area (Å²) in [5.74, 6) is 0. The van der Waals surface area contributed by atoms with Crippen molar-refractivity contribution in [3.05, 3.63) is 17.5 Å². The third-order valence-electron chi connectivity index (χ3n) is 2.35. The van der Waals surface area contributed by atoms with E-state index in [1.54, 1.807) is 4.68 Å². The Labute approximate surface area is 90.2 Å². The number of ether oxygens (including phenoxy) is 1. The lowest BCUT2D eigenvalue weighted by molar-refractivity contribution is -0.117. The van der Waals surface area contributed by atoms with Gasteiger partial charge in [0.25, 0.3) is 0 Å². The molecule has 0 aliphatic rings. The molecule has 0 saturated carbocycles. The number of aldehydes is 1. The Bertz CT molecular complexity index is 350. The third-order valence-corrected chi connectivity index (χ3v) is 2.35. The number of nitrogens with zero attached hydrogens (tertiary/aromatic N) is 2. The summed E-state index contributed by atoms with van der Waals surface area (Å²) in [7, 11) is 3.34. The molecule has 0 aromatic carbocycles. The van der Waals surface area contributed by atoms with Gasteiger partial charge in [-0.2, -0.15) is 5.10 Å². The highest BCUT2D eigenvalue weighted by atomic mass is 16.5. The molecule has 4 heteroatoms. The number of hydrogen-bond acceptors (Lipinski definition) is 3. The normalized spacial score (nSPS) is 13.9. The van der Waals surface area contributed by atoms with Gasteiger partial charge in [-0.15, -0.1) is 0 Å². The minimum absolute atomic E-state index is 0.0167. The average Bonchev–Trinajstić information content (AvgIpc) is 2.50. The number of carbonyl (C=O) groups excluding carboxylic acids is 1. The van der Waals surface area contributed by atoms with Crippen molar-refractivity contribution >= 4 is 6.29 Å². The molecule has 84 valence electrons. The van der Waals surface area contributed by atoms with Crippen LogP contribution in [0, 0.1) is 0 Å². The minimum Gasteiger partial charge on any atom is -0.368 e. The zero-order valence-electron chi connectivity index (χ0n) is 9.94. The van der Waals surface area contributed by atoms with Crippen LogP contribution in [0.2, 0.25) is 0 Å². The smallest absolute Gasteiger partial charge is 0.154 e. The second kappa shape index (κ2) is 4.14. The fraction of sp³-hybridized carbons (Fsp3) is 0.636. The molecular weight excluding hydrogens is 192 g/mol. The van der Waals surface area contributed by atoms with E-state index in [9.17, 15) is 4.79 Å². The van der Waals surface area contributed by atoms with Crippen molar-refractivity contribution in [3.63, 3.8) is 0 Å². The second-order valence-electron chi connectivity index (χ2n) is 4.62.